The number of hydrogen-bond acceptors (Lipinski definition) is 6. The fourth-order valence-corrected chi connectivity index (χ4v) is 10.0. The molecule has 232 valence electrons. The minimum atomic E-state index is -0.754. The van der Waals surface area contributed by atoms with Gasteiger partial charge in [-0.25, -0.2) is 0 Å². The van der Waals surface area contributed by atoms with E-state index in [1.165, 1.54) is 0 Å². The maximum absolute atomic E-state index is 14.9. The van der Waals surface area contributed by atoms with E-state index in [-0.39, 0.29) is 41.0 Å². The summed E-state index contributed by atoms with van der Waals surface area (Å²) in [6.07, 6.45) is 8.92. The van der Waals surface area contributed by atoms with E-state index in [1.54, 1.807) is 22.7 Å². The van der Waals surface area contributed by atoms with E-state index in [1.807, 2.05) is 11.0 Å². The van der Waals surface area contributed by atoms with E-state index in [0.29, 0.717) is 26.0 Å². The first-order valence-electron chi connectivity index (χ1n) is 15.5. The average Bonchev–Trinajstić information content (AvgIpc) is 3.51. The number of aliphatic hydroxyl groups excluding tert-OH is 1. The van der Waals surface area contributed by atoms with Crippen molar-refractivity contribution in [3.05, 3.63) is 25.3 Å². The van der Waals surface area contributed by atoms with Crippen molar-refractivity contribution in [2.75, 3.05) is 19.8 Å². The van der Waals surface area contributed by atoms with Gasteiger partial charge >= 0.3 is 5.97 Å². The van der Waals surface area contributed by atoms with Crippen LogP contribution in [0, 0.1) is 23.2 Å². The van der Waals surface area contributed by atoms with Crippen LogP contribution in [-0.4, -0.2) is 80.1 Å². The molecule has 3 aliphatic rings. The number of esters is 1. The number of unbranched alkanes of at least 4 members (excludes halogenated alkanes) is 2. The standard InChI is InChI=1S/C33H54N2O5S/c1-10-12-13-14-18-40-30(39)25-24-15-16-33(41-24)26(25)28(37)35(23(20-36)19-22(3)4)27(33)29(38)34(17-11-2)32(8,9)21-31(5,6)7/h10-11,22-27,36H,1-2,12-21H2,3-9H3/t23-,24+,25-,26+,27?,33?/m1/s1. The van der Waals surface area contributed by atoms with Gasteiger partial charge in [0.1, 0.15) is 6.04 Å². The van der Waals surface area contributed by atoms with E-state index >= 15 is 0 Å². The molecule has 2 bridgehead atoms. The Morgan fingerprint density at radius 1 is 1.20 bits per heavy atom. The van der Waals surface area contributed by atoms with Crippen LogP contribution in [-0.2, 0) is 19.1 Å². The molecule has 3 saturated heterocycles. The smallest absolute Gasteiger partial charge is 0.310 e. The Labute approximate surface area is 252 Å². The van der Waals surface area contributed by atoms with E-state index in [9.17, 15) is 19.5 Å². The molecule has 0 aromatic carbocycles. The second-order valence-electron chi connectivity index (χ2n) is 14.5. The van der Waals surface area contributed by atoms with Crippen LogP contribution < -0.4 is 0 Å². The minimum Gasteiger partial charge on any atom is -0.465 e. The summed E-state index contributed by atoms with van der Waals surface area (Å²) in [5, 5.41) is 10.5. The molecule has 3 fully saturated rings. The van der Waals surface area contributed by atoms with Gasteiger partial charge in [0.2, 0.25) is 11.8 Å². The lowest BCUT2D eigenvalue weighted by molar-refractivity contribution is -0.155. The van der Waals surface area contributed by atoms with Crippen LogP contribution >= 0.6 is 11.8 Å². The molecular formula is C33H54N2O5S. The molecule has 1 N–H and O–H groups in total. The van der Waals surface area contributed by atoms with Crippen LogP contribution in [0.15, 0.2) is 25.3 Å². The first-order valence-corrected chi connectivity index (χ1v) is 16.3. The Morgan fingerprint density at radius 2 is 1.88 bits per heavy atom. The molecule has 7 nitrogen and oxygen atoms in total. The molecule has 6 atom stereocenters. The molecule has 3 aliphatic heterocycles. The maximum Gasteiger partial charge on any atom is 0.310 e. The lowest BCUT2D eigenvalue weighted by Crippen LogP contribution is -2.61. The molecular weight excluding hydrogens is 536 g/mol. The molecule has 0 aromatic heterocycles. The molecule has 0 aliphatic carbocycles. The van der Waals surface area contributed by atoms with Crippen LogP contribution in [0.5, 0.6) is 0 Å². The fraction of sp³-hybridized carbons (Fsp3) is 0.788. The monoisotopic (exact) mass is 590 g/mol. The highest BCUT2D eigenvalue weighted by Gasteiger charge is 2.75. The summed E-state index contributed by atoms with van der Waals surface area (Å²) in [6, 6.07) is -1.25. The number of ether oxygens (including phenoxy) is 1. The number of amides is 2. The SMILES string of the molecule is C=CCCCCOC(=O)[C@@H]1[C@@H]2CCC3(S2)C(C(=O)N(CC=C)C(C)(C)CC(C)(C)C)N([C@@H](CO)CC(C)C)C(=O)[C@H]13. The highest BCUT2D eigenvalue weighted by molar-refractivity contribution is 8.02. The van der Waals surface area contributed by atoms with Crippen LogP contribution in [0.4, 0.5) is 0 Å². The largest absolute Gasteiger partial charge is 0.465 e. The Hall–Kier alpha value is -1.80. The average molecular weight is 591 g/mol. The highest BCUT2D eigenvalue weighted by Crippen LogP contribution is 2.67. The minimum absolute atomic E-state index is 0.0262. The number of likely N-dealkylation sites (tertiary alicyclic amines) is 1. The van der Waals surface area contributed by atoms with E-state index in [4.69, 9.17) is 4.74 Å². The Morgan fingerprint density at radius 3 is 2.44 bits per heavy atom. The third-order valence-corrected chi connectivity index (χ3v) is 10.9. The van der Waals surface area contributed by atoms with Crippen molar-refractivity contribution in [3.8, 4) is 0 Å². The number of aliphatic hydroxyl groups is 1. The lowest BCUT2D eigenvalue weighted by atomic mass is 9.71. The number of fused-ring (bicyclic) bond motifs is 1. The summed E-state index contributed by atoms with van der Waals surface area (Å²) < 4.78 is 5.03. The molecule has 3 heterocycles. The zero-order valence-electron chi connectivity index (χ0n) is 26.5. The predicted molar refractivity (Wildman–Crippen MR) is 166 cm³/mol. The third kappa shape index (κ3) is 6.90. The molecule has 41 heavy (non-hydrogen) atoms. The van der Waals surface area contributed by atoms with Gasteiger partial charge in [-0.2, -0.15) is 0 Å². The van der Waals surface area contributed by atoms with E-state index in [2.05, 4.69) is 61.6 Å². The van der Waals surface area contributed by atoms with E-state index < -0.39 is 34.2 Å². The molecule has 2 amide bonds. The zero-order chi connectivity index (χ0) is 30.8. The number of carbonyl (C=O) groups is 3. The van der Waals surface area contributed by atoms with Gasteiger partial charge in [-0.05, 0) is 70.1 Å². The molecule has 0 saturated carbocycles. The van der Waals surface area contributed by atoms with Gasteiger partial charge < -0.3 is 19.6 Å². The predicted octanol–water partition coefficient (Wildman–Crippen LogP) is 5.61. The summed E-state index contributed by atoms with van der Waals surface area (Å²) in [7, 11) is 0. The summed E-state index contributed by atoms with van der Waals surface area (Å²) in [6.45, 7) is 22.9. The number of hydrogen-bond donors (Lipinski definition) is 1. The van der Waals surface area contributed by atoms with Crippen LogP contribution in [0.2, 0.25) is 0 Å². The number of rotatable bonds is 15. The van der Waals surface area contributed by atoms with Gasteiger partial charge in [0, 0.05) is 17.3 Å². The summed E-state index contributed by atoms with van der Waals surface area (Å²) in [5.74, 6) is -1.60. The Kier molecular flexibility index (Phi) is 10.9. The van der Waals surface area contributed by atoms with Crippen LogP contribution in [0.3, 0.4) is 0 Å². The van der Waals surface area contributed by atoms with Crippen molar-refractivity contribution in [2.45, 2.75) is 121 Å². The molecule has 8 heteroatoms. The quantitative estimate of drug-likeness (QED) is 0.152. The van der Waals surface area contributed by atoms with Crippen LogP contribution in [0.1, 0.15) is 93.4 Å². The molecule has 0 aromatic rings. The normalized spacial score (nSPS) is 28.1. The zero-order valence-corrected chi connectivity index (χ0v) is 27.3. The summed E-state index contributed by atoms with van der Waals surface area (Å²) in [5.41, 5.74) is -0.521. The lowest BCUT2D eigenvalue weighted by Gasteiger charge is -2.46. The number of nitrogens with zero attached hydrogens (tertiary/aromatic N) is 2. The highest BCUT2D eigenvalue weighted by atomic mass is 32.2. The molecule has 2 unspecified atom stereocenters. The van der Waals surface area contributed by atoms with Crippen molar-refractivity contribution < 1.29 is 24.2 Å². The van der Waals surface area contributed by atoms with Crippen molar-refractivity contribution in [3.63, 3.8) is 0 Å². The van der Waals surface area contributed by atoms with Crippen molar-refractivity contribution in [1.29, 1.82) is 0 Å². The number of thioether (sulfide) groups is 1. The summed E-state index contributed by atoms with van der Waals surface area (Å²) >= 11 is 1.65. The fourth-order valence-electron chi connectivity index (χ4n) is 7.82. The van der Waals surface area contributed by atoms with Crippen molar-refractivity contribution >= 4 is 29.5 Å². The van der Waals surface area contributed by atoms with Crippen LogP contribution in [0.25, 0.3) is 0 Å². The topological polar surface area (TPSA) is 87.2 Å². The summed E-state index contributed by atoms with van der Waals surface area (Å²) in [4.78, 5) is 46.4. The van der Waals surface area contributed by atoms with Gasteiger partial charge in [-0.3, -0.25) is 14.4 Å². The van der Waals surface area contributed by atoms with Crippen molar-refractivity contribution in [2.24, 2.45) is 23.2 Å². The third-order valence-electron chi connectivity index (χ3n) is 8.91. The second-order valence-corrected chi connectivity index (χ2v) is 16.1. The van der Waals surface area contributed by atoms with Gasteiger partial charge in [0.15, 0.2) is 0 Å². The van der Waals surface area contributed by atoms with Gasteiger partial charge in [-0.15, -0.1) is 24.9 Å². The Balaban J connectivity index is 2.04. The first-order chi connectivity index (χ1) is 19.1. The van der Waals surface area contributed by atoms with Gasteiger partial charge in [0.25, 0.3) is 0 Å². The first kappa shape index (κ1) is 33.7. The van der Waals surface area contributed by atoms with Gasteiger partial charge in [-0.1, -0.05) is 46.8 Å². The maximum atomic E-state index is 14.9. The van der Waals surface area contributed by atoms with Crippen molar-refractivity contribution in [1.82, 2.24) is 9.80 Å². The second kappa shape index (κ2) is 13.2. The number of allylic oxidation sites excluding steroid dienone is 1. The molecule has 3 rings (SSSR count). The van der Waals surface area contributed by atoms with E-state index in [0.717, 1.165) is 32.1 Å². The molecule has 1 spiro atoms. The number of carbonyl (C=O) groups excluding carboxylic acids is 3. The molecule has 0 radical (unpaired) electrons. The Bertz CT molecular complexity index is 989. The van der Waals surface area contributed by atoms with Gasteiger partial charge in [0.05, 0.1) is 35.8 Å².